The number of hydrogen-bond donors (Lipinski definition) is 2. The van der Waals surface area contributed by atoms with Crippen LogP contribution >= 0.6 is 0 Å². The van der Waals surface area contributed by atoms with Crippen LogP contribution in [0, 0.1) is 0 Å². The molecule has 0 aliphatic heterocycles. The predicted octanol–water partition coefficient (Wildman–Crippen LogP) is 3.02. The van der Waals surface area contributed by atoms with Gasteiger partial charge in [0.25, 0.3) is 5.91 Å². The van der Waals surface area contributed by atoms with Crippen LogP contribution in [0.4, 0.5) is 5.69 Å². The molecule has 2 amide bonds. The lowest BCUT2D eigenvalue weighted by Crippen LogP contribution is -2.21. The topological polar surface area (TPSA) is 115 Å². The minimum absolute atomic E-state index is 0.0264. The Morgan fingerprint density at radius 2 is 1.55 bits per heavy atom. The Kier molecular flexibility index (Phi) is 8.56. The molecule has 0 aromatic heterocycles. The van der Waals surface area contributed by atoms with Crippen molar-refractivity contribution in [3.63, 3.8) is 0 Å². The van der Waals surface area contributed by atoms with E-state index in [0.717, 1.165) is 0 Å². The second-order valence-corrected chi connectivity index (χ2v) is 6.41. The van der Waals surface area contributed by atoms with Crippen molar-refractivity contribution < 1.29 is 28.6 Å². The summed E-state index contributed by atoms with van der Waals surface area (Å²) in [6, 6.07) is 11.1. The monoisotopic (exact) mass is 427 g/mol. The number of amides is 2. The first kappa shape index (κ1) is 23.4. The Morgan fingerprint density at radius 3 is 2.10 bits per heavy atom. The van der Waals surface area contributed by atoms with E-state index in [1.165, 1.54) is 14.2 Å². The highest BCUT2D eigenvalue weighted by Gasteiger charge is 2.11. The second kappa shape index (κ2) is 11.3. The van der Waals surface area contributed by atoms with Gasteiger partial charge >= 0.3 is 5.97 Å². The summed E-state index contributed by atoms with van der Waals surface area (Å²) in [4.78, 5) is 36.2. The highest BCUT2D eigenvalue weighted by atomic mass is 16.5. The molecule has 0 spiro atoms. The molecule has 0 aliphatic rings. The lowest BCUT2D eigenvalue weighted by Gasteiger charge is -2.08. The van der Waals surface area contributed by atoms with Gasteiger partial charge in [0.05, 0.1) is 32.8 Å². The third-order valence-electron chi connectivity index (χ3n) is 4.06. The van der Waals surface area contributed by atoms with Gasteiger partial charge in [0, 0.05) is 23.0 Å². The quantitative estimate of drug-likeness (QED) is 0.361. The van der Waals surface area contributed by atoms with E-state index in [4.69, 9.17) is 14.2 Å². The van der Waals surface area contributed by atoms with Crippen molar-refractivity contribution in [1.82, 2.24) is 5.43 Å². The van der Waals surface area contributed by atoms with E-state index in [2.05, 4.69) is 15.8 Å². The van der Waals surface area contributed by atoms with Crippen molar-refractivity contribution in [3.8, 4) is 11.5 Å². The summed E-state index contributed by atoms with van der Waals surface area (Å²) < 4.78 is 15.2. The molecule has 9 nitrogen and oxygen atoms in total. The Labute approximate surface area is 180 Å². The summed E-state index contributed by atoms with van der Waals surface area (Å²) in [7, 11) is 2.98. The molecule has 0 fully saturated rings. The molecule has 0 atom stereocenters. The maximum Gasteiger partial charge on any atom is 0.338 e. The second-order valence-electron chi connectivity index (χ2n) is 6.41. The van der Waals surface area contributed by atoms with Crippen molar-refractivity contribution in [2.75, 3.05) is 26.1 Å². The maximum atomic E-state index is 12.3. The first-order chi connectivity index (χ1) is 14.9. The van der Waals surface area contributed by atoms with Gasteiger partial charge in [-0.05, 0) is 50.2 Å². The smallest absolute Gasteiger partial charge is 0.338 e. The number of esters is 1. The molecule has 2 N–H and O–H groups in total. The van der Waals surface area contributed by atoms with Gasteiger partial charge in [-0.15, -0.1) is 0 Å². The molecule has 0 unspecified atom stereocenters. The fourth-order valence-electron chi connectivity index (χ4n) is 2.53. The van der Waals surface area contributed by atoms with E-state index in [9.17, 15) is 14.4 Å². The number of ether oxygens (including phenoxy) is 3. The SMILES string of the molecule is CCOC(=O)c1ccc(NC(=O)C/C(C)=N/NC(=O)c2cc(OC)cc(OC)c2)cc1. The highest BCUT2D eigenvalue weighted by molar-refractivity contribution is 6.06. The fourth-order valence-corrected chi connectivity index (χ4v) is 2.53. The molecule has 9 heteroatoms. The summed E-state index contributed by atoms with van der Waals surface area (Å²) in [5.74, 6) is -0.265. The lowest BCUT2D eigenvalue weighted by molar-refractivity contribution is -0.115. The molecule has 164 valence electrons. The van der Waals surface area contributed by atoms with E-state index >= 15 is 0 Å². The molecule has 0 radical (unpaired) electrons. The number of nitrogens with zero attached hydrogens (tertiary/aromatic N) is 1. The van der Waals surface area contributed by atoms with Crippen LogP contribution in [-0.4, -0.2) is 44.3 Å². The molecule has 0 bridgehead atoms. The summed E-state index contributed by atoms with van der Waals surface area (Å²) in [5.41, 5.74) is 4.04. The molecule has 2 rings (SSSR count). The maximum absolute atomic E-state index is 12.3. The van der Waals surface area contributed by atoms with Crippen LogP contribution in [0.15, 0.2) is 47.6 Å². The van der Waals surface area contributed by atoms with Crippen LogP contribution in [0.2, 0.25) is 0 Å². The number of hydrazone groups is 1. The van der Waals surface area contributed by atoms with E-state index in [1.807, 2.05) is 0 Å². The first-order valence-electron chi connectivity index (χ1n) is 9.49. The first-order valence-corrected chi connectivity index (χ1v) is 9.49. The Morgan fingerprint density at radius 1 is 0.935 bits per heavy atom. The zero-order chi connectivity index (χ0) is 22.8. The van der Waals surface area contributed by atoms with Crippen molar-refractivity contribution in [2.24, 2.45) is 5.10 Å². The summed E-state index contributed by atoms with van der Waals surface area (Å²) in [5, 5.41) is 6.67. The van der Waals surface area contributed by atoms with Crippen LogP contribution in [0.1, 0.15) is 41.0 Å². The van der Waals surface area contributed by atoms with Gasteiger partial charge in [-0.25, -0.2) is 10.2 Å². The minimum atomic E-state index is -0.466. The Hall–Kier alpha value is -3.88. The third-order valence-corrected chi connectivity index (χ3v) is 4.06. The van der Waals surface area contributed by atoms with Gasteiger partial charge in [0.2, 0.25) is 5.91 Å². The number of hydrogen-bond acceptors (Lipinski definition) is 7. The van der Waals surface area contributed by atoms with E-state index in [-0.39, 0.29) is 18.9 Å². The van der Waals surface area contributed by atoms with Crippen molar-refractivity contribution in [2.45, 2.75) is 20.3 Å². The van der Waals surface area contributed by atoms with Gasteiger partial charge in [0.1, 0.15) is 11.5 Å². The molecular formula is C22H25N3O6. The normalized spacial score (nSPS) is 10.8. The van der Waals surface area contributed by atoms with Crippen molar-refractivity contribution in [3.05, 3.63) is 53.6 Å². The van der Waals surface area contributed by atoms with Crippen LogP contribution in [-0.2, 0) is 9.53 Å². The van der Waals surface area contributed by atoms with Crippen LogP contribution in [0.5, 0.6) is 11.5 Å². The predicted molar refractivity (Wildman–Crippen MR) is 116 cm³/mol. The van der Waals surface area contributed by atoms with Crippen molar-refractivity contribution in [1.29, 1.82) is 0 Å². The molecule has 0 heterocycles. The molecule has 2 aromatic carbocycles. The number of nitrogens with one attached hydrogen (secondary N) is 2. The largest absolute Gasteiger partial charge is 0.497 e. The number of carbonyl (C=O) groups excluding carboxylic acids is 3. The summed E-state index contributed by atoms with van der Waals surface area (Å²) in [6.45, 7) is 3.64. The molecule has 0 saturated heterocycles. The van der Waals surface area contributed by atoms with Crippen LogP contribution in [0.25, 0.3) is 0 Å². The highest BCUT2D eigenvalue weighted by Crippen LogP contribution is 2.22. The van der Waals surface area contributed by atoms with Crippen molar-refractivity contribution >= 4 is 29.2 Å². The standard InChI is InChI=1S/C22H25N3O6/c1-5-31-22(28)15-6-8-17(9-7-15)23-20(26)10-14(2)24-25-21(27)16-11-18(29-3)13-19(12-16)30-4/h6-9,11-13H,5,10H2,1-4H3,(H,23,26)(H,25,27)/b24-14+. The molecule has 31 heavy (non-hydrogen) atoms. The number of anilines is 1. The molecular weight excluding hydrogens is 402 g/mol. The number of benzene rings is 2. The molecule has 0 saturated carbocycles. The van der Waals surface area contributed by atoms with Gasteiger partial charge in [-0.3, -0.25) is 9.59 Å². The van der Waals surface area contributed by atoms with Crippen LogP contribution in [0.3, 0.4) is 0 Å². The summed E-state index contributed by atoms with van der Waals surface area (Å²) in [6.07, 6.45) is -0.0264. The lowest BCUT2D eigenvalue weighted by atomic mass is 10.2. The average molecular weight is 427 g/mol. The number of carbonyl (C=O) groups is 3. The zero-order valence-corrected chi connectivity index (χ0v) is 17.9. The minimum Gasteiger partial charge on any atom is -0.497 e. The van der Waals surface area contributed by atoms with Gasteiger partial charge in [-0.1, -0.05) is 0 Å². The number of methoxy groups -OCH3 is 2. The zero-order valence-electron chi connectivity index (χ0n) is 17.9. The third kappa shape index (κ3) is 7.14. The van der Waals surface area contributed by atoms with E-state index < -0.39 is 11.9 Å². The Balaban J connectivity index is 1.92. The molecule has 0 aliphatic carbocycles. The van der Waals surface area contributed by atoms with Gasteiger partial charge in [-0.2, -0.15) is 5.10 Å². The van der Waals surface area contributed by atoms with Gasteiger partial charge < -0.3 is 19.5 Å². The van der Waals surface area contributed by atoms with E-state index in [1.54, 1.807) is 56.3 Å². The van der Waals surface area contributed by atoms with E-state index in [0.29, 0.717) is 34.0 Å². The fraction of sp³-hybridized carbons (Fsp3) is 0.273. The molecule has 2 aromatic rings. The summed E-state index contributed by atoms with van der Waals surface area (Å²) >= 11 is 0. The van der Waals surface area contributed by atoms with Crippen LogP contribution < -0.4 is 20.2 Å². The van der Waals surface area contributed by atoms with Gasteiger partial charge in [0.15, 0.2) is 0 Å². The number of rotatable bonds is 9. The average Bonchev–Trinajstić information content (AvgIpc) is 2.77. The Bertz CT molecular complexity index is 947.